The SMILES string of the molecule is CC[C@H](C(=O)N1CCN(c2nc(C)nc(C)c2Cc2cccc(C(F)(F)F)c2)CC1)c1ccccc1. The fraction of sp³-hybridized carbons (Fsp3) is 0.393. The molecule has 5 nitrogen and oxygen atoms in total. The first-order chi connectivity index (χ1) is 17.2. The summed E-state index contributed by atoms with van der Waals surface area (Å²) in [6.07, 6.45) is -3.36. The first-order valence-electron chi connectivity index (χ1n) is 12.3. The molecule has 0 aliphatic carbocycles. The number of hydrogen-bond donors (Lipinski definition) is 0. The van der Waals surface area contributed by atoms with E-state index < -0.39 is 11.7 Å². The van der Waals surface area contributed by atoms with Gasteiger partial charge in [-0.3, -0.25) is 4.79 Å². The number of carbonyl (C=O) groups is 1. The highest BCUT2D eigenvalue weighted by Gasteiger charge is 2.31. The summed E-state index contributed by atoms with van der Waals surface area (Å²) in [5.41, 5.74) is 2.49. The van der Waals surface area contributed by atoms with Crippen LogP contribution < -0.4 is 4.90 Å². The summed E-state index contributed by atoms with van der Waals surface area (Å²) in [4.78, 5) is 26.5. The van der Waals surface area contributed by atoms with E-state index in [1.165, 1.54) is 12.1 Å². The van der Waals surface area contributed by atoms with E-state index in [9.17, 15) is 18.0 Å². The summed E-state index contributed by atoms with van der Waals surface area (Å²) in [7, 11) is 0. The van der Waals surface area contributed by atoms with Crippen LogP contribution >= 0.6 is 0 Å². The Bertz CT molecular complexity index is 1210. The lowest BCUT2D eigenvalue weighted by Crippen LogP contribution is -2.50. The number of amides is 1. The van der Waals surface area contributed by atoms with Gasteiger partial charge in [-0.25, -0.2) is 9.97 Å². The van der Waals surface area contributed by atoms with Crippen molar-refractivity contribution in [3.63, 3.8) is 0 Å². The molecule has 1 saturated heterocycles. The number of anilines is 1. The fourth-order valence-corrected chi connectivity index (χ4v) is 4.85. The molecular formula is C28H31F3N4O. The number of benzene rings is 2. The second-order valence-corrected chi connectivity index (χ2v) is 9.22. The monoisotopic (exact) mass is 496 g/mol. The van der Waals surface area contributed by atoms with Gasteiger partial charge in [-0.05, 0) is 37.5 Å². The second-order valence-electron chi connectivity index (χ2n) is 9.22. The highest BCUT2D eigenvalue weighted by molar-refractivity contribution is 5.84. The van der Waals surface area contributed by atoms with Crippen LogP contribution in [0, 0.1) is 13.8 Å². The van der Waals surface area contributed by atoms with Gasteiger partial charge in [-0.1, -0.05) is 55.5 Å². The highest BCUT2D eigenvalue weighted by Crippen LogP contribution is 2.31. The molecule has 1 atom stereocenters. The van der Waals surface area contributed by atoms with E-state index in [2.05, 4.69) is 14.9 Å². The van der Waals surface area contributed by atoms with Gasteiger partial charge in [-0.15, -0.1) is 0 Å². The number of alkyl halides is 3. The summed E-state index contributed by atoms with van der Waals surface area (Å²) in [5.74, 6) is 1.31. The second kappa shape index (κ2) is 10.7. The lowest BCUT2D eigenvalue weighted by atomic mass is 9.94. The molecule has 1 fully saturated rings. The quantitative estimate of drug-likeness (QED) is 0.449. The normalized spacial score (nSPS) is 15.2. The number of nitrogens with zero attached hydrogens (tertiary/aromatic N) is 4. The standard InChI is InChI=1S/C28H31F3N4O/c1-4-24(22-10-6-5-7-11-22)27(36)35-15-13-34(14-16-35)26-25(19(2)32-20(3)33-26)18-21-9-8-12-23(17-21)28(29,30)31/h5-12,17,24H,4,13-16,18H2,1-3H3/t24-/m0/s1. The van der Waals surface area contributed by atoms with Gasteiger partial charge in [0.2, 0.25) is 5.91 Å². The van der Waals surface area contributed by atoms with Crippen molar-refractivity contribution < 1.29 is 18.0 Å². The molecule has 0 radical (unpaired) electrons. The molecule has 1 aromatic heterocycles. The van der Waals surface area contributed by atoms with E-state index in [-0.39, 0.29) is 11.8 Å². The minimum Gasteiger partial charge on any atom is -0.353 e. The molecule has 0 spiro atoms. The van der Waals surface area contributed by atoms with Gasteiger partial charge >= 0.3 is 6.18 Å². The van der Waals surface area contributed by atoms with Crippen LogP contribution in [0.15, 0.2) is 54.6 Å². The number of halogens is 3. The maximum absolute atomic E-state index is 13.3. The molecular weight excluding hydrogens is 465 g/mol. The molecule has 3 aromatic rings. The van der Waals surface area contributed by atoms with E-state index in [1.54, 1.807) is 6.07 Å². The average molecular weight is 497 g/mol. The van der Waals surface area contributed by atoms with E-state index in [0.717, 1.165) is 35.1 Å². The van der Waals surface area contributed by atoms with Crippen molar-refractivity contribution in [3.8, 4) is 0 Å². The minimum absolute atomic E-state index is 0.127. The van der Waals surface area contributed by atoms with Gasteiger partial charge in [-0.2, -0.15) is 13.2 Å². The van der Waals surface area contributed by atoms with Crippen LogP contribution in [-0.2, 0) is 17.4 Å². The summed E-state index contributed by atoms with van der Waals surface area (Å²) in [6, 6.07) is 15.2. The van der Waals surface area contributed by atoms with Crippen molar-refractivity contribution in [2.45, 2.75) is 45.7 Å². The number of rotatable bonds is 6. The lowest BCUT2D eigenvalue weighted by molar-refractivity contribution is -0.137. The first kappa shape index (κ1) is 25.7. The van der Waals surface area contributed by atoms with Gasteiger partial charge in [0, 0.05) is 43.9 Å². The number of piperazine rings is 1. The fourth-order valence-electron chi connectivity index (χ4n) is 4.85. The van der Waals surface area contributed by atoms with Crippen molar-refractivity contribution in [1.82, 2.24) is 14.9 Å². The molecule has 1 aliphatic heterocycles. The number of carbonyl (C=O) groups excluding carboxylic acids is 1. The van der Waals surface area contributed by atoms with Crippen molar-refractivity contribution in [3.05, 3.63) is 88.4 Å². The van der Waals surface area contributed by atoms with Gasteiger partial charge in [0.15, 0.2) is 0 Å². The molecule has 0 N–H and O–H groups in total. The Balaban J connectivity index is 1.53. The van der Waals surface area contributed by atoms with Crippen LogP contribution in [0.2, 0.25) is 0 Å². The molecule has 36 heavy (non-hydrogen) atoms. The van der Waals surface area contributed by atoms with Crippen molar-refractivity contribution >= 4 is 11.7 Å². The Morgan fingerprint density at radius 1 is 0.972 bits per heavy atom. The third-order valence-corrected chi connectivity index (χ3v) is 6.74. The Kier molecular flexibility index (Phi) is 7.62. The Morgan fingerprint density at radius 3 is 2.31 bits per heavy atom. The molecule has 1 amide bonds. The van der Waals surface area contributed by atoms with Crippen LogP contribution in [-0.4, -0.2) is 47.0 Å². The number of aryl methyl sites for hydroxylation is 2. The Morgan fingerprint density at radius 2 is 1.67 bits per heavy atom. The van der Waals surface area contributed by atoms with Crippen molar-refractivity contribution in [2.24, 2.45) is 0 Å². The van der Waals surface area contributed by atoms with Crippen LogP contribution in [0.5, 0.6) is 0 Å². The summed E-state index contributed by atoms with van der Waals surface area (Å²) >= 11 is 0. The van der Waals surface area contributed by atoms with Crippen molar-refractivity contribution in [2.75, 3.05) is 31.1 Å². The predicted octanol–water partition coefficient (Wildman–Crippen LogP) is 5.55. The summed E-state index contributed by atoms with van der Waals surface area (Å²) in [6.45, 7) is 8.03. The van der Waals surface area contributed by atoms with E-state index in [4.69, 9.17) is 0 Å². The molecule has 0 unspecified atom stereocenters. The van der Waals surface area contributed by atoms with Crippen LogP contribution in [0.4, 0.5) is 19.0 Å². The van der Waals surface area contributed by atoms with Gasteiger partial charge in [0.1, 0.15) is 11.6 Å². The zero-order chi connectivity index (χ0) is 25.9. The number of aromatic nitrogens is 2. The van der Waals surface area contributed by atoms with Crippen LogP contribution in [0.3, 0.4) is 0 Å². The molecule has 0 saturated carbocycles. The van der Waals surface area contributed by atoms with E-state index in [1.807, 2.05) is 56.0 Å². The highest BCUT2D eigenvalue weighted by atomic mass is 19.4. The smallest absolute Gasteiger partial charge is 0.353 e. The third-order valence-electron chi connectivity index (χ3n) is 6.74. The maximum atomic E-state index is 13.3. The first-order valence-corrected chi connectivity index (χ1v) is 12.3. The third kappa shape index (κ3) is 5.69. The minimum atomic E-state index is -4.39. The van der Waals surface area contributed by atoms with E-state index in [0.29, 0.717) is 44.0 Å². The molecule has 0 bridgehead atoms. The van der Waals surface area contributed by atoms with Gasteiger partial charge in [0.25, 0.3) is 0 Å². The largest absolute Gasteiger partial charge is 0.416 e. The van der Waals surface area contributed by atoms with Crippen LogP contribution in [0.1, 0.15) is 53.0 Å². The molecule has 4 rings (SSSR count). The molecule has 8 heteroatoms. The van der Waals surface area contributed by atoms with Crippen molar-refractivity contribution in [1.29, 1.82) is 0 Å². The summed E-state index contributed by atoms with van der Waals surface area (Å²) in [5, 5.41) is 0. The van der Waals surface area contributed by atoms with E-state index >= 15 is 0 Å². The average Bonchev–Trinajstić information content (AvgIpc) is 2.86. The maximum Gasteiger partial charge on any atom is 0.416 e. The zero-order valence-corrected chi connectivity index (χ0v) is 20.8. The number of hydrogen-bond acceptors (Lipinski definition) is 4. The van der Waals surface area contributed by atoms with Gasteiger partial charge in [0.05, 0.1) is 11.5 Å². The molecule has 2 heterocycles. The Labute approximate surface area is 210 Å². The topological polar surface area (TPSA) is 49.3 Å². The Hall–Kier alpha value is -3.42. The predicted molar refractivity (Wildman–Crippen MR) is 134 cm³/mol. The summed E-state index contributed by atoms with van der Waals surface area (Å²) < 4.78 is 39.7. The molecule has 1 aliphatic rings. The van der Waals surface area contributed by atoms with Gasteiger partial charge < -0.3 is 9.80 Å². The zero-order valence-electron chi connectivity index (χ0n) is 20.8. The van der Waals surface area contributed by atoms with Crippen LogP contribution in [0.25, 0.3) is 0 Å². The lowest BCUT2D eigenvalue weighted by Gasteiger charge is -2.38. The molecule has 190 valence electrons. The molecule has 2 aromatic carbocycles.